The fraction of sp³-hybridized carbons (Fsp3) is 0.188. The molecule has 1 fully saturated rings. The molecule has 0 radical (unpaired) electrons. The number of rotatable bonds is 2. The van der Waals surface area contributed by atoms with Crippen LogP contribution in [0.3, 0.4) is 0 Å². The Morgan fingerprint density at radius 1 is 1.21 bits per heavy atom. The molecule has 2 aromatic rings. The Kier molecular flexibility index (Phi) is 5.18. The van der Waals surface area contributed by atoms with E-state index < -0.39 is 17.7 Å². The van der Waals surface area contributed by atoms with Crippen molar-refractivity contribution >= 4 is 46.7 Å². The van der Waals surface area contributed by atoms with E-state index in [1.54, 1.807) is 28.8 Å². The van der Waals surface area contributed by atoms with Crippen LogP contribution in [-0.4, -0.2) is 23.2 Å². The summed E-state index contributed by atoms with van der Waals surface area (Å²) in [6.07, 6.45) is 0. The Morgan fingerprint density at radius 3 is 2.75 bits per heavy atom. The summed E-state index contributed by atoms with van der Waals surface area (Å²) >= 11 is 13.8. The third-order valence-corrected chi connectivity index (χ3v) is 5.65. The monoisotopic (exact) mass is 388 g/mol. The average Bonchev–Trinajstić information content (AvgIpc) is 3.03. The fourth-order valence-electron chi connectivity index (χ4n) is 2.42. The molecular formula is C16H12Cl2F2N2OS. The van der Waals surface area contributed by atoms with E-state index in [1.807, 2.05) is 6.07 Å². The lowest BCUT2D eigenvalue weighted by atomic mass is 10.2. The van der Waals surface area contributed by atoms with Crippen molar-refractivity contribution in [2.75, 3.05) is 17.6 Å². The number of carbonyl (C=O) groups is 1. The second-order valence-electron chi connectivity index (χ2n) is 5.12. The Balaban J connectivity index is 1.81. The van der Waals surface area contributed by atoms with E-state index in [0.717, 1.165) is 23.4 Å². The minimum Gasteiger partial charge on any atom is -0.308 e. The van der Waals surface area contributed by atoms with Crippen molar-refractivity contribution in [3.8, 4) is 0 Å². The summed E-state index contributed by atoms with van der Waals surface area (Å²) in [7, 11) is 0. The lowest BCUT2D eigenvalue weighted by Crippen LogP contribution is -2.34. The zero-order valence-corrected chi connectivity index (χ0v) is 14.6. The molecule has 3 nitrogen and oxygen atoms in total. The van der Waals surface area contributed by atoms with Gasteiger partial charge >= 0.3 is 6.03 Å². The van der Waals surface area contributed by atoms with Crippen molar-refractivity contribution in [2.24, 2.45) is 0 Å². The van der Waals surface area contributed by atoms with E-state index in [1.165, 1.54) is 6.07 Å². The molecule has 1 aliphatic rings. The topological polar surface area (TPSA) is 32.3 Å². The molecule has 0 saturated carbocycles. The van der Waals surface area contributed by atoms with Gasteiger partial charge in [-0.15, -0.1) is 11.8 Å². The molecule has 2 amide bonds. The zero-order valence-electron chi connectivity index (χ0n) is 12.2. The number of benzene rings is 2. The predicted molar refractivity (Wildman–Crippen MR) is 93.7 cm³/mol. The maximum absolute atomic E-state index is 13.3. The number of thioether (sulfide) groups is 1. The smallest absolute Gasteiger partial charge is 0.308 e. The summed E-state index contributed by atoms with van der Waals surface area (Å²) in [6.45, 7) is 0.508. The predicted octanol–water partition coefficient (Wildman–Crippen LogP) is 5.55. The third-order valence-electron chi connectivity index (χ3n) is 3.57. The molecule has 8 heteroatoms. The van der Waals surface area contributed by atoms with Crippen LogP contribution in [0.1, 0.15) is 10.9 Å². The molecule has 0 spiro atoms. The fourth-order valence-corrected chi connectivity index (χ4v) is 4.17. The van der Waals surface area contributed by atoms with Crippen LogP contribution >= 0.6 is 35.0 Å². The van der Waals surface area contributed by atoms with Gasteiger partial charge in [0.25, 0.3) is 0 Å². The van der Waals surface area contributed by atoms with Gasteiger partial charge in [-0.3, -0.25) is 0 Å². The first kappa shape index (κ1) is 17.3. The molecule has 1 saturated heterocycles. The number of halogens is 4. The van der Waals surface area contributed by atoms with Gasteiger partial charge in [0, 0.05) is 29.6 Å². The maximum Gasteiger partial charge on any atom is 0.323 e. The summed E-state index contributed by atoms with van der Waals surface area (Å²) in [4.78, 5) is 14.1. The summed E-state index contributed by atoms with van der Waals surface area (Å²) in [5.74, 6) is -1.25. The summed E-state index contributed by atoms with van der Waals surface area (Å²) < 4.78 is 26.2. The molecule has 0 aromatic heterocycles. The molecule has 0 bridgehead atoms. The number of anilines is 1. The van der Waals surface area contributed by atoms with Gasteiger partial charge in [0.1, 0.15) is 5.37 Å². The highest BCUT2D eigenvalue weighted by Gasteiger charge is 2.32. The van der Waals surface area contributed by atoms with Crippen LogP contribution in [0, 0.1) is 11.6 Å². The number of hydrogen-bond acceptors (Lipinski definition) is 2. The van der Waals surface area contributed by atoms with E-state index in [9.17, 15) is 13.6 Å². The van der Waals surface area contributed by atoms with E-state index >= 15 is 0 Å². The van der Waals surface area contributed by atoms with Gasteiger partial charge in [-0.2, -0.15) is 0 Å². The van der Waals surface area contributed by atoms with Gasteiger partial charge < -0.3 is 10.2 Å². The SMILES string of the molecule is O=C(Nc1ccc(F)c(F)c1)N1CCS[C@H]1c1cccc(Cl)c1Cl. The molecule has 2 aromatic carbocycles. The van der Waals surface area contributed by atoms with Crippen molar-refractivity contribution in [1.29, 1.82) is 0 Å². The highest BCUT2D eigenvalue weighted by atomic mass is 35.5. The summed E-state index contributed by atoms with van der Waals surface area (Å²) in [5.41, 5.74) is 0.929. The highest BCUT2D eigenvalue weighted by molar-refractivity contribution is 7.99. The van der Waals surface area contributed by atoms with Crippen molar-refractivity contribution in [3.05, 3.63) is 63.6 Å². The largest absolute Gasteiger partial charge is 0.323 e. The Bertz CT molecular complexity index is 791. The molecule has 1 aliphatic heterocycles. The van der Waals surface area contributed by atoms with Crippen LogP contribution in [0.2, 0.25) is 10.0 Å². The Hall–Kier alpha value is -1.50. The van der Waals surface area contributed by atoms with Crippen LogP contribution in [0.25, 0.3) is 0 Å². The molecule has 0 aliphatic carbocycles. The number of nitrogens with one attached hydrogen (secondary N) is 1. The Morgan fingerprint density at radius 2 is 2.00 bits per heavy atom. The molecule has 1 N–H and O–H groups in total. The average molecular weight is 389 g/mol. The molecule has 1 atom stereocenters. The van der Waals surface area contributed by atoms with Crippen LogP contribution in [0.15, 0.2) is 36.4 Å². The molecule has 3 rings (SSSR count). The van der Waals surface area contributed by atoms with E-state index in [-0.39, 0.29) is 11.1 Å². The number of carbonyl (C=O) groups excluding carboxylic acids is 1. The number of amides is 2. The number of urea groups is 1. The minimum atomic E-state index is -1.02. The summed E-state index contributed by atoms with van der Waals surface area (Å²) in [6, 6.07) is 8.07. The van der Waals surface area contributed by atoms with Crippen LogP contribution < -0.4 is 5.32 Å². The molecular weight excluding hydrogens is 377 g/mol. The minimum absolute atomic E-state index is 0.187. The first-order chi connectivity index (χ1) is 11.5. The van der Waals surface area contributed by atoms with Crippen molar-refractivity contribution < 1.29 is 13.6 Å². The van der Waals surface area contributed by atoms with Gasteiger partial charge in [0.05, 0.1) is 10.0 Å². The van der Waals surface area contributed by atoms with Gasteiger partial charge in [-0.25, -0.2) is 13.6 Å². The molecule has 126 valence electrons. The van der Waals surface area contributed by atoms with Crippen LogP contribution in [-0.2, 0) is 0 Å². The van der Waals surface area contributed by atoms with Gasteiger partial charge in [0.2, 0.25) is 0 Å². The van der Waals surface area contributed by atoms with E-state index in [4.69, 9.17) is 23.2 Å². The molecule has 0 unspecified atom stereocenters. The quantitative estimate of drug-likeness (QED) is 0.730. The van der Waals surface area contributed by atoms with E-state index in [0.29, 0.717) is 16.6 Å². The van der Waals surface area contributed by atoms with Gasteiger partial charge in [-0.1, -0.05) is 35.3 Å². The van der Waals surface area contributed by atoms with E-state index in [2.05, 4.69) is 5.32 Å². The van der Waals surface area contributed by atoms with Crippen molar-refractivity contribution in [3.63, 3.8) is 0 Å². The zero-order chi connectivity index (χ0) is 17.3. The maximum atomic E-state index is 13.3. The Labute approximate surface area is 151 Å². The summed E-state index contributed by atoms with van der Waals surface area (Å²) in [5, 5.41) is 3.11. The third kappa shape index (κ3) is 3.45. The molecule has 1 heterocycles. The lowest BCUT2D eigenvalue weighted by molar-refractivity contribution is 0.214. The van der Waals surface area contributed by atoms with Crippen LogP contribution in [0.4, 0.5) is 19.3 Å². The van der Waals surface area contributed by atoms with Crippen LogP contribution in [0.5, 0.6) is 0 Å². The van der Waals surface area contributed by atoms with Gasteiger partial charge in [0.15, 0.2) is 11.6 Å². The molecule has 24 heavy (non-hydrogen) atoms. The number of nitrogens with zero attached hydrogens (tertiary/aromatic N) is 1. The first-order valence-electron chi connectivity index (χ1n) is 7.05. The standard InChI is InChI=1S/C16H12Cl2F2N2OS/c17-11-3-1-2-10(14(11)18)15-22(6-7-24-15)16(23)21-9-4-5-12(19)13(20)8-9/h1-5,8,15H,6-7H2,(H,21,23)/t15-/m0/s1. The number of hydrogen-bond donors (Lipinski definition) is 1. The van der Waals surface area contributed by atoms with Gasteiger partial charge in [-0.05, 0) is 18.2 Å². The lowest BCUT2D eigenvalue weighted by Gasteiger charge is -2.25. The first-order valence-corrected chi connectivity index (χ1v) is 8.86. The highest BCUT2D eigenvalue weighted by Crippen LogP contribution is 2.42. The normalized spacial score (nSPS) is 17.2. The second kappa shape index (κ2) is 7.17. The van der Waals surface area contributed by atoms with Crippen molar-refractivity contribution in [1.82, 2.24) is 4.90 Å². The van der Waals surface area contributed by atoms with Crippen molar-refractivity contribution in [2.45, 2.75) is 5.37 Å². The second-order valence-corrected chi connectivity index (χ2v) is 7.09.